The molecule has 0 saturated carbocycles. The zero-order valence-corrected chi connectivity index (χ0v) is 19.2. The standard InChI is InChI=1S/C25H26N6O4/c1-26-25(34)23(16-5-6-20-21(10-16)29-22(33)11-27-20)19(13-31-8-7-18(32)12-31)15-3-2-4-17(9-15)24-28-14-35-30-24/h2-6,9-11,14,18-19,23,32H,7-8,12-13H2,1H3,(H,26,34)(H,29,33)/t18-,19+,23?/m0/s1. The average Bonchev–Trinajstić information content (AvgIpc) is 3.55. The predicted octanol–water partition coefficient (Wildman–Crippen LogP) is 1.65. The van der Waals surface area contributed by atoms with Crippen LogP contribution in [0.4, 0.5) is 0 Å². The summed E-state index contributed by atoms with van der Waals surface area (Å²) in [6.45, 7) is 1.86. The molecule has 0 bridgehead atoms. The van der Waals surface area contributed by atoms with Crippen LogP contribution in [0.3, 0.4) is 0 Å². The highest BCUT2D eigenvalue weighted by molar-refractivity contribution is 5.86. The number of likely N-dealkylation sites (N-methyl/N-ethyl adjacent to an activating group) is 1. The van der Waals surface area contributed by atoms with Crippen LogP contribution < -0.4 is 10.9 Å². The number of rotatable bonds is 7. The molecular weight excluding hydrogens is 448 g/mol. The lowest BCUT2D eigenvalue weighted by Crippen LogP contribution is -2.36. The molecule has 4 aromatic rings. The number of amides is 1. The van der Waals surface area contributed by atoms with E-state index in [9.17, 15) is 14.7 Å². The minimum atomic E-state index is -0.564. The van der Waals surface area contributed by atoms with Crippen LogP contribution in [-0.2, 0) is 4.79 Å². The molecule has 3 heterocycles. The first kappa shape index (κ1) is 22.9. The van der Waals surface area contributed by atoms with Crippen LogP contribution >= 0.6 is 0 Å². The van der Waals surface area contributed by atoms with Crippen LogP contribution in [-0.4, -0.2) is 68.8 Å². The lowest BCUT2D eigenvalue weighted by atomic mass is 9.79. The molecule has 3 atom stereocenters. The summed E-state index contributed by atoms with van der Waals surface area (Å²) >= 11 is 0. The molecule has 1 saturated heterocycles. The smallest absolute Gasteiger partial charge is 0.266 e. The zero-order valence-electron chi connectivity index (χ0n) is 19.2. The SMILES string of the molecule is CNC(=O)C(c1ccc2ncc(=O)[nH]c2c1)[C@H](CN1CC[C@H](O)C1)c1cccc(-c2ncon2)c1. The molecule has 2 aromatic carbocycles. The van der Waals surface area contributed by atoms with Crippen LogP contribution in [0.5, 0.6) is 0 Å². The van der Waals surface area contributed by atoms with Gasteiger partial charge in [0.1, 0.15) is 0 Å². The van der Waals surface area contributed by atoms with Crippen molar-refractivity contribution in [3.05, 3.63) is 76.5 Å². The topological polar surface area (TPSA) is 137 Å². The molecule has 2 aromatic heterocycles. The number of aromatic nitrogens is 4. The second-order valence-corrected chi connectivity index (χ2v) is 8.80. The van der Waals surface area contributed by atoms with E-state index in [-0.39, 0.29) is 23.5 Å². The van der Waals surface area contributed by atoms with Gasteiger partial charge in [-0.25, -0.2) is 4.98 Å². The lowest BCUT2D eigenvalue weighted by molar-refractivity contribution is -0.122. The third kappa shape index (κ3) is 4.84. The van der Waals surface area contributed by atoms with E-state index in [0.717, 1.165) is 23.2 Å². The van der Waals surface area contributed by atoms with Gasteiger partial charge in [0.15, 0.2) is 0 Å². The summed E-state index contributed by atoms with van der Waals surface area (Å²) in [5, 5.41) is 16.9. The van der Waals surface area contributed by atoms with Crippen molar-refractivity contribution in [1.29, 1.82) is 0 Å². The summed E-state index contributed by atoms with van der Waals surface area (Å²) in [5.74, 6) is -0.502. The number of fused-ring (bicyclic) bond motifs is 1. The summed E-state index contributed by atoms with van der Waals surface area (Å²) in [6.07, 6.45) is 2.84. The van der Waals surface area contributed by atoms with Gasteiger partial charge in [-0.2, -0.15) is 4.98 Å². The van der Waals surface area contributed by atoms with E-state index in [2.05, 4.69) is 30.3 Å². The number of aromatic amines is 1. The summed E-state index contributed by atoms with van der Waals surface area (Å²) in [7, 11) is 1.62. The Balaban J connectivity index is 1.61. The Morgan fingerprint density at radius 1 is 1.26 bits per heavy atom. The van der Waals surface area contributed by atoms with E-state index in [1.165, 1.54) is 12.6 Å². The molecular formula is C25H26N6O4. The highest BCUT2D eigenvalue weighted by Crippen LogP contribution is 2.37. The first-order valence-corrected chi connectivity index (χ1v) is 11.5. The maximum Gasteiger partial charge on any atom is 0.266 e. The Morgan fingerprint density at radius 3 is 2.89 bits per heavy atom. The van der Waals surface area contributed by atoms with Crippen LogP contribution in [0.15, 0.2) is 64.4 Å². The van der Waals surface area contributed by atoms with Crippen LogP contribution in [0.2, 0.25) is 0 Å². The number of H-pyrrole nitrogens is 1. The van der Waals surface area contributed by atoms with E-state index in [0.29, 0.717) is 36.4 Å². The van der Waals surface area contributed by atoms with Crippen molar-refractivity contribution < 1.29 is 14.4 Å². The highest BCUT2D eigenvalue weighted by atomic mass is 16.5. The first-order valence-electron chi connectivity index (χ1n) is 11.5. The normalized spacial score (nSPS) is 17.9. The van der Waals surface area contributed by atoms with Crippen molar-refractivity contribution >= 4 is 16.9 Å². The minimum absolute atomic E-state index is 0.148. The molecule has 1 aliphatic heterocycles. The fourth-order valence-corrected chi connectivity index (χ4v) is 4.84. The maximum absolute atomic E-state index is 13.4. The van der Waals surface area contributed by atoms with E-state index in [1.54, 1.807) is 7.05 Å². The monoisotopic (exact) mass is 474 g/mol. The molecule has 1 aliphatic rings. The molecule has 5 rings (SSSR count). The van der Waals surface area contributed by atoms with Crippen LogP contribution in [0, 0.1) is 0 Å². The van der Waals surface area contributed by atoms with Gasteiger partial charge < -0.3 is 24.8 Å². The van der Waals surface area contributed by atoms with Crippen molar-refractivity contribution in [1.82, 2.24) is 30.3 Å². The lowest BCUT2D eigenvalue weighted by Gasteiger charge is -2.31. The Hall–Kier alpha value is -3.89. The van der Waals surface area contributed by atoms with Gasteiger partial charge >= 0.3 is 0 Å². The van der Waals surface area contributed by atoms with Crippen molar-refractivity contribution in [2.75, 3.05) is 26.7 Å². The van der Waals surface area contributed by atoms with Gasteiger partial charge in [0.25, 0.3) is 5.56 Å². The number of hydrogen-bond acceptors (Lipinski definition) is 8. The molecule has 0 spiro atoms. The van der Waals surface area contributed by atoms with Crippen LogP contribution in [0.1, 0.15) is 29.4 Å². The van der Waals surface area contributed by atoms with Gasteiger partial charge in [-0.1, -0.05) is 29.4 Å². The summed E-state index contributed by atoms with van der Waals surface area (Å²) in [5.41, 5.74) is 3.38. The number of likely N-dealkylation sites (tertiary alicyclic amines) is 1. The summed E-state index contributed by atoms with van der Waals surface area (Å²) in [4.78, 5) is 38.6. The minimum Gasteiger partial charge on any atom is -0.392 e. The van der Waals surface area contributed by atoms with E-state index >= 15 is 0 Å². The predicted molar refractivity (Wildman–Crippen MR) is 129 cm³/mol. The van der Waals surface area contributed by atoms with Gasteiger partial charge in [0.05, 0.1) is 29.3 Å². The molecule has 35 heavy (non-hydrogen) atoms. The Labute approximate surface area is 201 Å². The largest absolute Gasteiger partial charge is 0.392 e. The number of β-amino-alcohol motifs (C(OH)–C–C–N with tert-alkyl or cyclic N) is 1. The Bertz CT molecular complexity index is 1390. The second-order valence-electron chi connectivity index (χ2n) is 8.80. The number of aliphatic hydroxyl groups excluding tert-OH is 1. The molecule has 3 N–H and O–H groups in total. The number of benzene rings is 2. The third-order valence-electron chi connectivity index (χ3n) is 6.53. The van der Waals surface area contributed by atoms with E-state index in [1.807, 2.05) is 42.5 Å². The summed E-state index contributed by atoms with van der Waals surface area (Å²) < 4.78 is 4.92. The van der Waals surface area contributed by atoms with Crippen molar-refractivity contribution in [3.8, 4) is 11.4 Å². The van der Waals surface area contributed by atoms with Crippen LogP contribution in [0.25, 0.3) is 22.4 Å². The van der Waals surface area contributed by atoms with Gasteiger partial charge in [-0.05, 0) is 35.7 Å². The third-order valence-corrected chi connectivity index (χ3v) is 6.53. The zero-order chi connectivity index (χ0) is 24.4. The molecule has 0 aliphatic carbocycles. The Morgan fingerprint density at radius 2 is 2.14 bits per heavy atom. The Kier molecular flexibility index (Phi) is 6.39. The molecule has 0 radical (unpaired) electrons. The summed E-state index contributed by atoms with van der Waals surface area (Å²) in [6, 6.07) is 13.3. The number of carbonyl (C=O) groups excluding carboxylic acids is 1. The number of nitrogens with one attached hydrogen (secondary N) is 2. The molecule has 1 amide bonds. The van der Waals surface area contributed by atoms with Gasteiger partial charge in [-0.3, -0.25) is 9.59 Å². The van der Waals surface area contributed by atoms with Crippen molar-refractivity contribution in [2.24, 2.45) is 0 Å². The molecule has 180 valence electrons. The molecule has 1 unspecified atom stereocenters. The second kappa shape index (κ2) is 9.77. The molecule has 1 fully saturated rings. The first-order chi connectivity index (χ1) is 17.0. The number of aliphatic hydroxyl groups is 1. The fraction of sp³-hybridized carbons (Fsp3) is 0.320. The van der Waals surface area contributed by atoms with Gasteiger partial charge in [0, 0.05) is 38.2 Å². The fourth-order valence-electron chi connectivity index (χ4n) is 4.84. The van der Waals surface area contributed by atoms with Gasteiger partial charge in [0.2, 0.25) is 18.1 Å². The quantitative estimate of drug-likeness (QED) is 0.368. The molecule has 10 heteroatoms. The average molecular weight is 475 g/mol. The number of nitrogens with zero attached hydrogens (tertiary/aromatic N) is 4. The van der Waals surface area contributed by atoms with Crippen molar-refractivity contribution in [2.45, 2.75) is 24.4 Å². The number of carbonyl (C=O) groups is 1. The van der Waals surface area contributed by atoms with Crippen molar-refractivity contribution in [3.63, 3.8) is 0 Å². The number of hydrogen-bond donors (Lipinski definition) is 3. The highest BCUT2D eigenvalue weighted by Gasteiger charge is 2.34. The van der Waals surface area contributed by atoms with E-state index in [4.69, 9.17) is 4.52 Å². The van der Waals surface area contributed by atoms with Gasteiger partial charge in [-0.15, -0.1) is 0 Å². The van der Waals surface area contributed by atoms with E-state index < -0.39 is 5.92 Å². The maximum atomic E-state index is 13.4. The molecule has 10 nitrogen and oxygen atoms in total.